The second-order valence-electron chi connectivity index (χ2n) is 8.73. The predicted molar refractivity (Wildman–Crippen MR) is 127 cm³/mol. The van der Waals surface area contributed by atoms with E-state index in [1.54, 1.807) is 14.1 Å². The first-order chi connectivity index (χ1) is 16.7. The summed E-state index contributed by atoms with van der Waals surface area (Å²) in [6, 6.07) is 11.5. The van der Waals surface area contributed by atoms with Gasteiger partial charge in [0, 0.05) is 56.9 Å². The van der Waals surface area contributed by atoms with Gasteiger partial charge >= 0.3 is 0 Å². The molecule has 1 aromatic heterocycles. The molecule has 0 unspecified atom stereocenters. The molecule has 2 atom stereocenters. The maximum absolute atomic E-state index is 14.1. The highest BCUT2D eigenvalue weighted by molar-refractivity contribution is 6.31. The van der Waals surface area contributed by atoms with Crippen molar-refractivity contribution in [2.75, 3.05) is 27.2 Å². The van der Waals surface area contributed by atoms with E-state index in [9.17, 15) is 18.4 Å². The van der Waals surface area contributed by atoms with Crippen LogP contribution in [0.3, 0.4) is 0 Å². The van der Waals surface area contributed by atoms with Crippen LogP contribution in [0.4, 0.5) is 8.78 Å². The predicted octanol–water partition coefficient (Wildman–Crippen LogP) is 3.98. The zero-order chi connectivity index (χ0) is 25.1. The van der Waals surface area contributed by atoms with Crippen LogP contribution in [0.25, 0.3) is 11.3 Å². The fraction of sp³-hybridized carbons (Fsp3) is 0.320. The third kappa shape index (κ3) is 5.68. The summed E-state index contributed by atoms with van der Waals surface area (Å²) >= 11 is 6.31. The van der Waals surface area contributed by atoms with E-state index in [0.29, 0.717) is 31.1 Å². The Kier molecular flexibility index (Phi) is 7.47. The average Bonchev–Trinajstić information content (AvgIpc) is 3.31. The Labute approximate surface area is 206 Å². The van der Waals surface area contributed by atoms with Gasteiger partial charge in [0.05, 0.1) is 11.5 Å². The van der Waals surface area contributed by atoms with Gasteiger partial charge in [-0.2, -0.15) is 0 Å². The lowest BCUT2D eigenvalue weighted by Crippen LogP contribution is -2.55. The first-order valence-corrected chi connectivity index (χ1v) is 11.5. The second-order valence-corrected chi connectivity index (χ2v) is 9.14. The average molecular weight is 503 g/mol. The highest BCUT2D eigenvalue weighted by Crippen LogP contribution is 2.26. The molecular formula is C25H25ClF2N4O3. The normalized spacial score (nSPS) is 18.3. The smallest absolute Gasteiger partial charge is 0.273 e. The molecule has 0 radical (unpaired) electrons. The molecule has 1 saturated heterocycles. The monoisotopic (exact) mass is 502 g/mol. The molecule has 35 heavy (non-hydrogen) atoms. The number of carbonyl (C=O) groups is 2. The first kappa shape index (κ1) is 24.8. The number of nitrogens with zero attached hydrogens (tertiary/aromatic N) is 3. The van der Waals surface area contributed by atoms with Gasteiger partial charge in [-0.15, -0.1) is 0 Å². The van der Waals surface area contributed by atoms with Gasteiger partial charge in [0.2, 0.25) is 5.91 Å². The van der Waals surface area contributed by atoms with E-state index in [2.05, 4.69) is 15.4 Å². The summed E-state index contributed by atoms with van der Waals surface area (Å²) in [4.78, 5) is 29.5. The summed E-state index contributed by atoms with van der Waals surface area (Å²) < 4.78 is 32.4. The Balaban J connectivity index is 1.47. The highest BCUT2D eigenvalue weighted by Gasteiger charge is 2.36. The third-order valence-corrected chi connectivity index (χ3v) is 6.43. The van der Waals surface area contributed by atoms with Crippen molar-refractivity contribution < 1.29 is 22.9 Å². The van der Waals surface area contributed by atoms with Crippen LogP contribution in [0.15, 0.2) is 53.1 Å². The van der Waals surface area contributed by atoms with Crippen LogP contribution in [0.1, 0.15) is 22.5 Å². The number of benzene rings is 2. The summed E-state index contributed by atoms with van der Waals surface area (Å²) in [6.45, 7) is 1.68. The first-order valence-electron chi connectivity index (χ1n) is 11.1. The number of hydrogen-bond acceptors (Lipinski definition) is 5. The Morgan fingerprint density at radius 1 is 1.20 bits per heavy atom. The van der Waals surface area contributed by atoms with Crippen LogP contribution >= 0.6 is 11.6 Å². The number of aromatic nitrogens is 1. The van der Waals surface area contributed by atoms with E-state index >= 15 is 0 Å². The van der Waals surface area contributed by atoms with Gasteiger partial charge in [0.15, 0.2) is 11.5 Å². The molecule has 0 saturated carbocycles. The van der Waals surface area contributed by atoms with E-state index < -0.39 is 29.5 Å². The summed E-state index contributed by atoms with van der Waals surface area (Å²) in [5, 5.41) is 7.29. The molecule has 0 aliphatic carbocycles. The molecule has 1 fully saturated rings. The van der Waals surface area contributed by atoms with Gasteiger partial charge < -0.3 is 14.7 Å². The second kappa shape index (κ2) is 10.5. The summed E-state index contributed by atoms with van der Waals surface area (Å²) in [5.41, 5.74) is 0.903. The van der Waals surface area contributed by atoms with Crippen LogP contribution in [-0.4, -0.2) is 60.0 Å². The van der Waals surface area contributed by atoms with E-state index in [-0.39, 0.29) is 22.9 Å². The fourth-order valence-corrected chi connectivity index (χ4v) is 4.42. The van der Waals surface area contributed by atoms with Crippen molar-refractivity contribution >= 4 is 23.4 Å². The van der Waals surface area contributed by atoms with Crippen LogP contribution in [-0.2, 0) is 11.3 Å². The van der Waals surface area contributed by atoms with Crippen molar-refractivity contribution in [1.29, 1.82) is 0 Å². The Bertz CT molecular complexity index is 1230. The molecule has 0 spiro atoms. The molecule has 2 aromatic carbocycles. The minimum absolute atomic E-state index is 0.00290. The maximum Gasteiger partial charge on any atom is 0.273 e. The molecule has 1 N–H and O–H groups in total. The lowest BCUT2D eigenvalue weighted by Gasteiger charge is -2.39. The maximum atomic E-state index is 14.1. The van der Waals surface area contributed by atoms with Crippen LogP contribution in [0.2, 0.25) is 5.02 Å². The Morgan fingerprint density at radius 3 is 2.69 bits per heavy atom. The number of carbonyl (C=O) groups excluding carboxylic acids is 2. The van der Waals surface area contributed by atoms with Crippen LogP contribution < -0.4 is 5.32 Å². The van der Waals surface area contributed by atoms with Crippen LogP contribution in [0, 0.1) is 17.6 Å². The van der Waals surface area contributed by atoms with Crippen LogP contribution in [0.5, 0.6) is 0 Å². The van der Waals surface area contributed by atoms with Gasteiger partial charge in [0.25, 0.3) is 5.91 Å². The number of amides is 2. The van der Waals surface area contributed by atoms with Crippen molar-refractivity contribution in [3.63, 3.8) is 0 Å². The number of hydrogen-bond donors (Lipinski definition) is 1. The van der Waals surface area contributed by atoms with E-state index in [0.717, 1.165) is 17.7 Å². The van der Waals surface area contributed by atoms with Crippen molar-refractivity contribution in [1.82, 2.24) is 20.3 Å². The Morgan fingerprint density at radius 2 is 1.97 bits per heavy atom. The minimum atomic E-state index is -0.823. The molecule has 3 aromatic rings. The third-order valence-electron chi connectivity index (χ3n) is 6.06. The number of halogens is 3. The molecule has 2 heterocycles. The minimum Gasteiger partial charge on any atom is -0.355 e. The quantitative estimate of drug-likeness (QED) is 0.551. The van der Waals surface area contributed by atoms with Crippen molar-refractivity contribution in [2.45, 2.75) is 19.0 Å². The van der Waals surface area contributed by atoms with E-state index in [1.165, 1.54) is 17.0 Å². The molecular weight excluding hydrogens is 478 g/mol. The Hall–Kier alpha value is -3.30. The van der Waals surface area contributed by atoms with Crippen molar-refractivity contribution in [3.05, 3.63) is 76.4 Å². The van der Waals surface area contributed by atoms with Crippen molar-refractivity contribution in [2.24, 2.45) is 5.92 Å². The summed E-state index contributed by atoms with van der Waals surface area (Å²) in [7, 11) is 3.35. The zero-order valence-corrected chi connectivity index (χ0v) is 20.1. The fourth-order valence-electron chi connectivity index (χ4n) is 4.23. The summed E-state index contributed by atoms with van der Waals surface area (Å²) in [5.74, 6) is -2.66. The molecule has 0 bridgehead atoms. The SMILES string of the molecule is CN(C)C(=O)[C@@H]1CN(Cc2ccccc2Cl)CC[C@H]1NC(=O)c1cc(-c2ccc(F)cc2F)on1. The van der Waals surface area contributed by atoms with Gasteiger partial charge in [0.1, 0.15) is 11.6 Å². The van der Waals surface area contributed by atoms with Gasteiger partial charge in [-0.3, -0.25) is 14.5 Å². The number of likely N-dealkylation sites (tertiary alicyclic amines) is 1. The lowest BCUT2D eigenvalue weighted by atomic mass is 9.90. The molecule has 10 heteroatoms. The molecule has 1 aliphatic heterocycles. The largest absolute Gasteiger partial charge is 0.355 e. The van der Waals surface area contributed by atoms with E-state index in [1.807, 2.05) is 24.3 Å². The van der Waals surface area contributed by atoms with Gasteiger partial charge in [-0.25, -0.2) is 8.78 Å². The zero-order valence-electron chi connectivity index (χ0n) is 19.3. The van der Waals surface area contributed by atoms with Gasteiger partial charge in [-0.05, 0) is 30.2 Å². The molecule has 1 aliphatic rings. The highest BCUT2D eigenvalue weighted by atomic mass is 35.5. The number of nitrogens with one attached hydrogen (secondary N) is 1. The number of piperidine rings is 1. The summed E-state index contributed by atoms with van der Waals surface area (Å²) in [6.07, 6.45) is 0.539. The van der Waals surface area contributed by atoms with Crippen molar-refractivity contribution in [3.8, 4) is 11.3 Å². The van der Waals surface area contributed by atoms with E-state index in [4.69, 9.17) is 16.1 Å². The molecule has 4 rings (SSSR count). The molecule has 2 amide bonds. The van der Waals surface area contributed by atoms with Gasteiger partial charge in [-0.1, -0.05) is 35.0 Å². The number of rotatable bonds is 6. The lowest BCUT2D eigenvalue weighted by molar-refractivity contribution is -0.135. The molecule has 184 valence electrons. The topological polar surface area (TPSA) is 78.7 Å². The molecule has 7 nitrogen and oxygen atoms in total. The standard InChI is InChI=1S/C25H25ClF2N4O3/c1-31(2)25(34)18-14-32(13-15-5-3-4-6-19(15)26)10-9-21(18)29-24(33)22-12-23(35-30-22)17-8-7-16(27)11-20(17)28/h3-8,11-12,18,21H,9-10,13-14H2,1-2H3,(H,29,33)/t18-,21-/m1/s1.